The van der Waals surface area contributed by atoms with E-state index in [0.717, 1.165) is 42.6 Å². The Balaban J connectivity index is 1.59. The number of likely N-dealkylation sites (tertiary alicyclic amines) is 1. The molecule has 6 heteroatoms. The first-order chi connectivity index (χ1) is 14.9. The van der Waals surface area contributed by atoms with Crippen LogP contribution >= 0.6 is 11.6 Å². The average molecular weight is 439 g/mol. The number of hydrogen-bond donors (Lipinski definition) is 1. The fourth-order valence-corrected chi connectivity index (χ4v) is 4.67. The minimum absolute atomic E-state index is 0.0287. The summed E-state index contributed by atoms with van der Waals surface area (Å²) in [5.74, 6) is -0.367. The van der Waals surface area contributed by atoms with Crippen LogP contribution < -0.4 is 10.7 Å². The Kier molecular flexibility index (Phi) is 6.44. The van der Waals surface area contributed by atoms with Gasteiger partial charge < -0.3 is 9.73 Å². The van der Waals surface area contributed by atoms with Crippen LogP contribution in [0.3, 0.4) is 0 Å². The molecular weight excluding hydrogens is 412 g/mol. The third kappa shape index (κ3) is 4.68. The van der Waals surface area contributed by atoms with Crippen LogP contribution in [0.5, 0.6) is 0 Å². The summed E-state index contributed by atoms with van der Waals surface area (Å²) in [6, 6.07) is 12.7. The van der Waals surface area contributed by atoms with Crippen LogP contribution in [0.2, 0.25) is 5.02 Å². The highest BCUT2D eigenvalue weighted by Crippen LogP contribution is 2.29. The molecule has 0 aliphatic carbocycles. The second-order valence-corrected chi connectivity index (χ2v) is 8.68. The van der Waals surface area contributed by atoms with E-state index in [9.17, 15) is 9.59 Å². The molecule has 0 unspecified atom stereocenters. The molecular formula is C25H27ClN2O3. The molecule has 2 heterocycles. The Morgan fingerprint density at radius 2 is 1.87 bits per heavy atom. The first-order valence-corrected chi connectivity index (χ1v) is 11.1. The highest BCUT2D eigenvalue weighted by Gasteiger charge is 2.25. The summed E-state index contributed by atoms with van der Waals surface area (Å²) in [5.41, 5.74) is 3.07. The number of benzene rings is 2. The summed E-state index contributed by atoms with van der Waals surface area (Å²) in [5, 5.41) is 4.16. The molecule has 0 saturated carbocycles. The highest BCUT2D eigenvalue weighted by molar-refractivity contribution is 6.31. The molecule has 31 heavy (non-hydrogen) atoms. The van der Waals surface area contributed by atoms with Crippen LogP contribution in [0.4, 0.5) is 0 Å². The zero-order chi connectivity index (χ0) is 22.0. The number of aryl methyl sites for hydroxylation is 2. The Hall–Kier alpha value is -2.63. The zero-order valence-corrected chi connectivity index (χ0v) is 18.7. The fraction of sp³-hybridized carbons (Fsp3) is 0.360. The first kappa shape index (κ1) is 21.6. The Morgan fingerprint density at radius 1 is 1.13 bits per heavy atom. The molecule has 3 aromatic rings. The molecule has 5 nitrogen and oxygen atoms in total. The van der Waals surface area contributed by atoms with E-state index in [2.05, 4.69) is 10.2 Å². The van der Waals surface area contributed by atoms with Crippen LogP contribution in [0.1, 0.15) is 52.5 Å². The van der Waals surface area contributed by atoms with Gasteiger partial charge in [-0.2, -0.15) is 0 Å². The van der Waals surface area contributed by atoms with E-state index in [4.69, 9.17) is 16.0 Å². The Morgan fingerprint density at radius 3 is 2.61 bits per heavy atom. The molecule has 1 aliphatic heterocycles. The van der Waals surface area contributed by atoms with Gasteiger partial charge in [-0.05, 0) is 68.6 Å². The lowest BCUT2D eigenvalue weighted by atomic mass is 10.0. The molecule has 1 aliphatic rings. The summed E-state index contributed by atoms with van der Waals surface area (Å²) in [4.78, 5) is 27.9. The van der Waals surface area contributed by atoms with Gasteiger partial charge in [0.2, 0.25) is 0 Å². The maximum atomic E-state index is 12.9. The van der Waals surface area contributed by atoms with Crippen LogP contribution in [0.25, 0.3) is 11.0 Å². The SMILES string of the molecule is Cc1cc(C)c2oc(C(=O)NC[C@H](c3ccccc3Cl)N3CCCCC3)cc(=O)c2c1. The van der Waals surface area contributed by atoms with Gasteiger partial charge in [0.05, 0.1) is 11.4 Å². The quantitative estimate of drug-likeness (QED) is 0.607. The molecule has 162 valence electrons. The van der Waals surface area contributed by atoms with Crippen molar-refractivity contribution in [1.82, 2.24) is 10.2 Å². The van der Waals surface area contributed by atoms with Crippen molar-refractivity contribution in [1.29, 1.82) is 0 Å². The maximum Gasteiger partial charge on any atom is 0.287 e. The lowest BCUT2D eigenvalue weighted by molar-refractivity contribution is 0.0897. The van der Waals surface area contributed by atoms with Crippen LogP contribution in [-0.2, 0) is 0 Å². The summed E-state index contributed by atoms with van der Waals surface area (Å²) >= 11 is 6.49. The molecule has 0 spiro atoms. The van der Waals surface area contributed by atoms with Crippen molar-refractivity contribution in [2.45, 2.75) is 39.2 Å². The van der Waals surface area contributed by atoms with E-state index in [0.29, 0.717) is 22.5 Å². The Bertz CT molecular complexity index is 1170. The molecule has 0 radical (unpaired) electrons. The standard InChI is InChI=1S/C25H27ClN2O3/c1-16-12-17(2)24-19(13-16)22(29)14-23(31-24)25(30)27-15-21(28-10-6-3-7-11-28)18-8-4-5-9-20(18)26/h4-5,8-9,12-14,21H,3,6-7,10-11,15H2,1-2H3,(H,27,30)/t21-/m1/s1. The van der Waals surface area contributed by atoms with Crippen molar-refractivity contribution in [3.05, 3.63) is 80.2 Å². The molecule has 0 bridgehead atoms. The number of piperidine rings is 1. The van der Waals surface area contributed by atoms with Crippen molar-refractivity contribution in [3.8, 4) is 0 Å². The van der Waals surface area contributed by atoms with Crippen molar-refractivity contribution in [3.63, 3.8) is 0 Å². The van der Waals surface area contributed by atoms with E-state index in [1.54, 1.807) is 6.07 Å². The number of rotatable bonds is 5. The number of halogens is 1. The summed E-state index contributed by atoms with van der Waals surface area (Å²) in [7, 11) is 0. The van der Waals surface area contributed by atoms with Crippen molar-refractivity contribution in [2.75, 3.05) is 19.6 Å². The number of nitrogens with zero attached hydrogens (tertiary/aromatic N) is 1. The second kappa shape index (κ2) is 9.25. The van der Waals surface area contributed by atoms with Gasteiger partial charge >= 0.3 is 0 Å². The molecule has 1 atom stereocenters. The van der Waals surface area contributed by atoms with E-state index in [-0.39, 0.29) is 17.2 Å². The molecule has 1 N–H and O–H groups in total. The number of fused-ring (bicyclic) bond motifs is 1. The van der Waals surface area contributed by atoms with Crippen molar-refractivity contribution < 1.29 is 9.21 Å². The van der Waals surface area contributed by atoms with Gasteiger partial charge in [-0.3, -0.25) is 14.5 Å². The fourth-order valence-electron chi connectivity index (χ4n) is 4.41. The molecule has 1 aromatic heterocycles. The van der Waals surface area contributed by atoms with Gasteiger partial charge in [-0.15, -0.1) is 0 Å². The van der Waals surface area contributed by atoms with Gasteiger partial charge in [0.1, 0.15) is 5.58 Å². The summed E-state index contributed by atoms with van der Waals surface area (Å²) < 4.78 is 5.85. The normalized spacial score (nSPS) is 15.7. The first-order valence-electron chi connectivity index (χ1n) is 10.8. The predicted molar refractivity (Wildman–Crippen MR) is 124 cm³/mol. The second-order valence-electron chi connectivity index (χ2n) is 8.28. The third-order valence-electron chi connectivity index (χ3n) is 5.93. The smallest absolute Gasteiger partial charge is 0.287 e. The van der Waals surface area contributed by atoms with Crippen LogP contribution in [0.15, 0.2) is 51.7 Å². The van der Waals surface area contributed by atoms with Crippen molar-refractivity contribution >= 4 is 28.5 Å². The Labute approximate surface area is 187 Å². The molecule has 1 amide bonds. The van der Waals surface area contributed by atoms with Crippen LogP contribution in [0, 0.1) is 13.8 Å². The predicted octanol–water partition coefficient (Wildman–Crippen LogP) is 5.02. The van der Waals surface area contributed by atoms with Gasteiger partial charge in [0, 0.05) is 17.6 Å². The average Bonchev–Trinajstić information content (AvgIpc) is 2.76. The van der Waals surface area contributed by atoms with Gasteiger partial charge in [-0.25, -0.2) is 0 Å². The van der Waals surface area contributed by atoms with Gasteiger partial charge in [0.25, 0.3) is 5.91 Å². The molecule has 2 aromatic carbocycles. The molecule has 1 saturated heterocycles. The van der Waals surface area contributed by atoms with E-state index < -0.39 is 5.91 Å². The summed E-state index contributed by atoms with van der Waals surface area (Å²) in [6.45, 7) is 6.13. The molecule has 1 fully saturated rings. The number of carbonyl (C=O) groups is 1. The minimum atomic E-state index is -0.395. The zero-order valence-electron chi connectivity index (χ0n) is 17.9. The number of hydrogen-bond acceptors (Lipinski definition) is 4. The van der Waals surface area contributed by atoms with Gasteiger partial charge in [0.15, 0.2) is 11.2 Å². The summed E-state index contributed by atoms with van der Waals surface area (Å²) in [6.07, 6.45) is 3.49. The van der Waals surface area contributed by atoms with Crippen molar-refractivity contribution in [2.24, 2.45) is 0 Å². The lowest BCUT2D eigenvalue weighted by Crippen LogP contribution is -2.40. The largest absolute Gasteiger partial charge is 0.450 e. The highest BCUT2D eigenvalue weighted by atomic mass is 35.5. The topological polar surface area (TPSA) is 62.6 Å². The lowest BCUT2D eigenvalue weighted by Gasteiger charge is -2.35. The van der Waals surface area contributed by atoms with Crippen LogP contribution in [-0.4, -0.2) is 30.4 Å². The van der Waals surface area contributed by atoms with E-state index in [1.165, 1.54) is 12.5 Å². The monoisotopic (exact) mass is 438 g/mol. The van der Waals surface area contributed by atoms with Gasteiger partial charge in [-0.1, -0.05) is 42.3 Å². The van der Waals surface area contributed by atoms with E-state index >= 15 is 0 Å². The number of carbonyl (C=O) groups excluding carboxylic acids is 1. The molecule has 4 rings (SSSR count). The maximum absolute atomic E-state index is 12.9. The van der Waals surface area contributed by atoms with E-state index in [1.807, 2.05) is 44.2 Å². The minimum Gasteiger partial charge on any atom is -0.450 e. The third-order valence-corrected chi connectivity index (χ3v) is 6.28. The number of amides is 1. The number of nitrogens with one attached hydrogen (secondary N) is 1.